The van der Waals surface area contributed by atoms with Gasteiger partial charge in [-0.25, -0.2) is 4.98 Å². The summed E-state index contributed by atoms with van der Waals surface area (Å²) in [4.78, 5) is 8.76. The summed E-state index contributed by atoms with van der Waals surface area (Å²) in [5, 5.41) is 0. The summed E-state index contributed by atoms with van der Waals surface area (Å²) < 4.78 is 6.89. The zero-order chi connectivity index (χ0) is 14.9. The molecule has 4 nitrogen and oxygen atoms in total. The Balaban J connectivity index is 2.45. The molecule has 0 aliphatic carbocycles. The van der Waals surface area contributed by atoms with Crippen molar-refractivity contribution in [1.29, 1.82) is 0 Å². The molecule has 0 bridgehead atoms. The fourth-order valence-corrected chi connectivity index (χ4v) is 2.02. The second-order valence-electron chi connectivity index (χ2n) is 5.06. The lowest BCUT2D eigenvalue weighted by atomic mass is 10.2. The van der Waals surface area contributed by atoms with Crippen LogP contribution in [0.2, 0.25) is 0 Å². The number of rotatable bonds is 3. The van der Waals surface area contributed by atoms with Crippen molar-refractivity contribution in [2.75, 3.05) is 5.73 Å². The number of nitrogens with two attached hydrogens (primary N) is 1. The quantitative estimate of drug-likeness (QED) is 0.905. The Morgan fingerprint density at radius 2 is 1.90 bits per heavy atom. The highest BCUT2D eigenvalue weighted by Gasteiger charge is 2.14. The number of halogens is 1. The minimum Gasteiger partial charge on any atom is -0.438 e. The van der Waals surface area contributed by atoms with E-state index in [1.807, 2.05) is 45.9 Å². The normalized spacial score (nSPS) is 10.9. The van der Waals surface area contributed by atoms with Gasteiger partial charge in [-0.05, 0) is 31.5 Å². The number of hydrogen-bond acceptors (Lipinski definition) is 4. The van der Waals surface area contributed by atoms with Crippen molar-refractivity contribution in [3.05, 3.63) is 39.6 Å². The fraction of sp³-hybridized carbons (Fsp3) is 0.333. The van der Waals surface area contributed by atoms with Gasteiger partial charge in [-0.2, -0.15) is 4.98 Å². The first-order valence-electron chi connectivity index (χ1n) is 6.46. The molecule has 0 fully saturated rings. The molecule has 0 amide bonds. The van der Waals surface area contributed by atoms with E-state index in [1.165, 1.54) is 0 Å². The van der Waals surface area contributed by atoms with E-state index in [4.69, 9.17) is 10.5 Å². The molecular weight excluding hydrogens is 318 g/mol. The lowest BCUT2D eigenvalue weighted by molar-refractivity contribution is 0.450. The maximum atomic E-state index is 5.94. The Morgan fingerprint density at radius 3 is 2.55 bits per heavy atom. The summed E-state index contributed by atoms with van der Waals surface area (Å²) in [5.74, 6) is 2.63. The average Bonchev–Trinajstić information content (AvgIpc) is 2.38. The van der Waals surface area contributed by atoms with E-state index in [9.17, 15) is 0 Å². The number of benzene rings is 1. The molecule has 0 saturated heterocycles. The molecule has 0 spiro atoms. The van der Waals surface area contributed by atoms with Crippen LogP contribution in [0.5, 0.6) is 11.6 Å². The van der Waals surface area contributed by atoms with Crippen molar-refractivity contribution in [2.45, 2.75) is 33.6 Å². The van der Waals surface area contributed by atoms with E-state index in [2.05, 4.69) is 25.9 Å². The molecule has 0 unspecified atom stereocenters. The van der Waals surface area contributed by atoms with Crippen LogP contribution >= 0.6 is 15.9 Å². The van der Waals surface area contributed by atoms with Gasteiger partial charge in [-0.3, -0.25) is 0 Å². The van der Waals surface area contributed by atoms with Gasteiger partial charge in [-0.1, -0.05) is 35.8 Å². The van der Waals surface area contributed by atoms with Crippen molar-refractivity contribution in [3.63, 3.8) is 0 Å². The summed E-state index contributed by atoms with van der Waals surface area (Å²) in [6.07, 6.45) is 0. The Kier molecular flexibility index (Phi) is 4.28. The first kappa shape index (κ1) is 14.8. The number of anilines is 1. The average molecular weight is 336 g/mol. The maximum absolute atomic E-state index is 5.94. The smallest absolute Gasteiger partial charge is 0.227 e. The molecule has 1 heterocycles. The van der Waals surface area contributed by atoms with Crippen LogP contribution in [0, 0.1) is 13.8 Å². The largest absolute Gasteiger partial charge is 0.438 e. The SMILES string of the molecule is Cc1ccc(Br)cc1Oc1nc(C(C)C)nc(N)c1C. The summed E-state index contributed by atoms with van der Waals surface area (Å²) in [6.45, 7) is 7.91. The Labute approximate surface area is 127 Å². The van der Waals surface area contributed by atoms with Gasteiger partial charge in [-0.15, -0.1) is 0 Å². The molecule has 2 aromatic rings. The number of hydrogen-bond donors (Lipinski definition) is 1. The molecule has 0 aliphatic heterocycles. The van der Waals surface area contributed by atoms with Gasteiger partial charge in [0.15, 0.2) is 0 Å². The predicted molar refractivity (Wildman–Crippen MR) is 84.2 cm³/mol. The van der Waals surface area contributed by atoms with E-state index in [-0.39, 0.29) is 5.92 Å². The van der Waals surface area contributed by atoms with Crippen LogP contribution in [0.4, 0.5) is 5.82 Å². The number of nitrogen functional groups attached to an aromatic ring is 1. The lowest BCUT2D eigenvalue weighted by Crippen LogP contribution is -2.06. The molecule has 0 atom stereocenters. The van der Waals surface area contributed by atoms with Crippen molar-refractivity contribution in [2.24, 2.45) is 0 Å². The molecular formula is C15H18BrN3O. The van der Waals surface area contributed by atoms with Gasteiger partial charge in [0.2, 0.25) is 5.88 Å². The molecule has 106 valence electrons. The minimum absolute atomic E-state index is 0.198. The Bertz CT molecular complexity index is 641. The fourth-order valence-electron chi connectivity index (χ4n) is 1.68. The second kappa shape index (κ2) is 5.79. The third-order valence-electron chi connectivity index (χ3n) is 3.03. The summed E-state index contributed by atoms with van der Waals surface area (Å²) in [6, 6.07) is 5.88. The van der Waals surface area contributed by atoms with E-state index in [0.717, 1.165) is 21.3 Å². The zero-order valence-corrected chi connectivity index (χ0v) is 13.7. The Morgan fingerprint density at radius 1 is 1.20 bits per heavy atom. The van der Waals surface area contributed by atoms with Crippen LogP contribution < -0.4 is 10.5 Å². The molecule has 5 heteroatoms. The van der Waals surface area contributed by atoms with E-state index in [0.29, 0.717) is 17.5 Å². The van der Waals surface area contributed by atoms with Crippen molar-refractivity contribution < 1.29 is 4.74 Å². The second-order valence-corrected chi connectivity index (χ2v) is 5.98. The third-order valence-corrected chi connectivity index (χ3v) is 3.52. The van der Waals surface area contributed by atoms with Crippen LogP contribution in [0.3, 0.4) is 0 Å². The molecule has 0 saturated carbocycles. The van der Waals surface area contributed by atoms with Crippen LogP contribution in [-0.2, 0) is 0 Å². The van der Waals surface area contributed by atoms with Crippen molar-refractivity contribution in [3.8, 4) is 11.6 Å². The molecule has 1 aromatic heterocycles. The van der Waals surface area contributed by atoms with Crippen LogP contribution in [0.15, 0.2) is 22.7 Å². The topological polar surface area (TPSA) is 61.0 Å². The first-order valence-corrected chi connectivity index (χ1v) is 7.25. The summed E-state index contributed by atoms with van der Waals surface area (Å²) in [7, 11) is 0. The van der Waals surface area contributed by atoms with Crippen molar-refractivity contribution >= 4 is 21.7 Å². The third kappa shape index (κ3) is 3.10. The van der Waals surface area contributed by atoms with Crippen LogP contribution in [-0.4, -0.2) is 9.97 Å². The molecule has 0 aliphatic rings. The number of nitrogens with zero attached hydrogens (tertiary/aromatic N) is 2. The first-order chi connectivity index (χ1) is 9.38. The molecule has 2 rings (SSSR count). The van der Waals surface area contributed by atoms with Crippen LogP contribution in [0.25, 0.3) is 0 Å². The lowest BCUT2D eigenvalue weighted by Gasteiger charge is -2.14. The molecule has 1 aromatic carbocycles. The maximum Gasteiger partial charge on any atom is 0.227 e. The summed E-state index contributed by atoms with van der Waals surface area (Å²) in [5.41, 5.74) is 7.74. The molecule has 2 N–H and O–H groups in total. The molecule has 20 heavy (non-hydrogen) atoms. The van der Waals surface area contributed by atoms with Gasteiger partial charge in [0, 0.05) is 10.4 Å². The zero-order valence-electron chi connectivity index (χ0n) is 12.1. The van der Waals surface area contributed by atoms with E-state index in [1.54, 1.807) is 0 Å². The van der Waals surface area contributed by atoms with Gasteiger partial charge < -0.3 is 10.5 Å². The predicted octanol–water partition coefficient (Wildman–Crippen LogP) is 4.35. The van der Waals surface area contributed by atoms with Crippen LogP contribution in [0.1, 0.15) is 36.7 Å². The van der Waals surface area contributed by atoms with Gasteiger partial charge in [0.05, 0.1) is 5.56 Å². The van der Waals surface area contributed by atoms with Crippen molar-refractivity contribution in [1.82, 2.24) is 9.97 Å². The highest BCUT2D eigenvalue weighted by molar-refractivity contribution is 9.10. The number of aryl methyl sites for hydroxylation is 1. The standard InChI is InChI=1S/C15H18BrN3O/c1-8(2)14-18-13(17)10(4)15(19-14)20-12-7-11(16)6-5-9(12)3/h5-8H,1-4H3,(H2,17,18,19). The number of aromatic nitrogens is 2. The van der Waals surface area contributed by atoms with Gasteiger partial charge >= 0.3 is 0 Å². The molecule has 0 radical (unpaired) electrons. The van der Waals surface area contributed by atoms with E-state index < -0.39 is 0 Å². The monoisotopic (exact) mass is 335 g/mol. The highest BCUT2D eigenvalue weighted by atomic mass is 79.9. The van der Waals surface area contributed by atoms with Gasteiger partial charge in [0.1, 0.15) is 17.4 Å². The summed E-state index contributed by atoms with van der Waals surface area (Å²) >= 11 is 3.44. The Hall–Kier alpha value is -1.62. The highest BCUT2D eigenvalue weighted by Crippen LogP contribution is 2.31. The number of ether oxygens (including phenoxy) is 1. The van der Waals surface area contributed by atoms with Gasteiger partial charge in [0.25, 0.3) is 0 Å². The van der Waals surface area contributed by atoms with E-state index >= 15 is 0 Å². The minimum atomic E-state index is 0.198.